The quantitative estimate of drug-likeness (QED) is 0.709. The van der Waals surface area contributed by atoms with Crippen molar-refractivity contribution in [1.82, 2.24) is 0 Å². The third-order valence-corrected chi connectivity index (χ3v) is 2.04. The van der Waals surface area contributed by atoms with Crippen LogP contribution in [-0.2, 0) is 2.69 Å². The van der Waals surface area contributed by atoms with E-state index in [0.29, 0.717) is 0 Å². The van der Waals surface area contributed by atoms with Gasteiger partial charge in [-0.25, -0.2) is 0 Å². The van der Waals surface area contributed by atoms with Gasteiger partial charge in [-0.15, -0.1) is 0 Å². The Bertz CT molecular complexity index is 290. The van der Waals surface area contributed by atoms with Crippen molar-refractivity contribution < 1.29 is 17.7 Å². The average molecular weight is 360 g/mol. The van der Waals surface area contributed by atoms with Crippen LogP contribution in [0.4, 0.5) is 0 Å². The van der Waals surface area contributed by atoms with E-state index in [4.69, 9.17) is 10.2 Å². The Balaban J connectivity index is 3.21. The van der Waals surface area contributed by atoms with Crippen LogP contribution in [0.25, 0.3) is 0 Å². The van der Waals surface area contributed by atoms with Crippen molar-refractivity contribution in [3.8, 4) is 11.5 Å². The number of phenolic OH excluding ortho intramolecular Hbond substituents is 2. The van der Waals surface area contributed by atoms with Crippen molar-refractivity contribution in [2.75, 3.05) is 0 Å². The van der Waals surface area contributed by atoms with E-state index < -0.39 is 5.97 Å². The Morgan fingerprint density at radius 2 is 1.83 bits per heavy atom. The number of hydrogen-bond donors (Lipinski definition) is 2. The van der Waals surface area contributed by atoms with Crippen molar-refractivity contribution >= 4 is 32.2 Å². The van der Waals surface area contributed by atoms with Crippen molar-refractivity contribution in [2.45, 2.75) is 0 Å². The van der Waals surface area contributed by atoms with Gasteiger partial charge in [-0.3, -0.25) is 0 Å². The molecule has 0 aromatic heterocycles. The van der Waals surface area contributed by atoms with Gasteiger partial charge >= 0.3 is 85.1 Å². The van der Waals surface area contributed by atoms with Gasteiger partial charge < -0.3 is 0 Å². The van der Waals surface area contributed by atoms with Crippen LogP contribution >= 0.6 is 0 Å². The van der Waals surface area contributed by atoms with E-state index in [1.54, 1.807) is 0 Å². The molecular weight excluding hydrogens is 355 g/mol. The zero-order valence-corrected chi connectivity index (χ0v) is 9.83. The van der Waals surface area contributed by atoms with Crippen LogP contribution in [0.3, 0.4) is 0 Å². The Hall–Kier alpha value is -0.788. The predicted octanol–water partition coefficient (Wildman–Crippen LogP) is 0.338. The van der Waals surface area contributed by atoms with Crippen LogP contribution in [0.15, 0.2) is 18.2 Å². The van der Waals surface area contributed by atoms with Crippen molar-refractivity contribution in [3.63, 3.8) is 0 Å². The van der Waals surface area contributed by atoms with Gasteiger partial charge in [-0.1, -0.05) is 0 Å². The molecule has 1 aromatic carbocycles. The minimum absolute atomic E-state index is 0.174. The molecule has 1 rings (SSSR count). The van der Waals surface area contributed by atoms with Crippen LogP contribution < -0.4 is 0 Å². The summed E-state index contributed by atoms with van der Waals surface area (Å²) in [4.78, 5) is 10.9. The number of benzene rings is 1. The fourth-order valence-corrected chi connectivity index (χ4v) is 1.19. The summed E-state index contributed by atoms with van der Waals surface area (Å²) in [5.41, 5.74) is -0.174. The molecule has 5 heteroatoms. The Morgan fingerprint density at radius 1 is 1.33 bits per heavy atom. The van der Waals surface area contributed by atoms with Gasteiger partial charge in [0.15, 0.2) is 0 Å². The minimum atomic E-state index is -0.697. The molecule has 0 aliphatic rings. The van der Waals surface area contributed by atoms with Crippen LogP contribution in [0.1, 0.15) is 10.4 Å². The van der Waals surface area contributed by atoms with E-state index in [0.717, 1.165) is 0 Å². The molecule has 0 aliphatic heterocycles. The first kappa shape index (κ1) is 9.30. The molecule has 0 aliphatic carbocycles. The van der Waals surface area contributed by atoms with Crippen molar-refractivity contribution in [2.24, 2.45) is 0 Å². The molecule has 3 radical (unpaired) electrons. The third kappa shape index (κ3) is 1.68. The summed E-state index contributed by atoms with van der Waals surface area (Å²) < 4.78 is 4.48. The van der Waals surface area contributed by atoms with E-state index in [2.05, 4.69) is 2.69 Å². The summed E-state index contributed by atoms with van der Waals surface area (Å²) in [5, 5.41) is 18.3. The topological polar surface area (TPSA) is 66.8 Å². The van der Waals surface area contributed by atoms with Gasteiger partial charge in [0.05, 0.1) is 0 Å². The van der Waals surface area contributed by atoms with Crippen LogP contribution in [0.2, 0.25) is 0 Å². The predicted molar refractivity (Wildman–Crippen MR) is 40.9 cm³/mol. The normalized spacial score (nSPS) is 9.42. The number of carbonyl (C=O) groups is 1. The Labute approximate surface area is 85.1 Å². The van der Waals surface area contributed by atoms with Crippen LogP contribution in [-0.4, -0.2) is 42.4 Å². The fourth-order valence-electron chi connectivity index (χ4n) is 0.788. The number of carbonyl (C=O) groups excluding carboxylic acids is 1. The SMILES string of the molecule is O=C([O][Pb])c1c(O)cccc1O. The summed E-state index contributed by atoms with van der Waals surface area (Å²) in [5.74, 6) is -1.23. The number of rotatable bonds is 1. The van der Waals surface area contributed by atoms with Crippen LogP contribution in [0, 0.1) is 0 Å². The second-order valence-electron chi connectivity index (χ2n) is 2.06. The molecule has 0 unspecified atom stereocenters. The summed E-state index contributed by atoms with van der Waals surface area (Å²) in [6.45, 7) is 0. The second kappa shape index (κ2) is 3.75. The second-order valence-corrected chi connectivity index (χ2v) is 2.85. The van der Waals surface area contributed by atoms with Crippen molar-refractivity contribution in [3.05, 3.63) is 23.8 Å². The number of aromatic hydroxyl groups is 2. The maximum atomic E-state index is 10.9. The van der Waals surface area contributed by atoms with Gasteiger partial charge in [0.1, 0.15) is 0 Å². The Kier molecular flexibility index (Phi) is 2.90. The van der Waals surface area contributed by atoms with E-state index in [9.17, 15) is 4.79 Å². The summed E-state index contributed by atoms with van der Waals surface area (Å²) in [7, 11) is 0. The standard InChI is InChI=1S/C7H6O4.Pb/c8-4-2-1-3-5(9)6(4)7(10)11;/h1-3,8-9H,(H,10,11);/q;+1/p-1. The first-order valence-corrected chi connectivity index (χ1v) is 4.64. The number of phenols is 2. The average Bonchev–Trinajstić information content (AvgIpc) is 2.03. The van der Waals surface area contributed by atoms with Gasteiger partial charge in [-0.05, 0) is 0 Å². The summed E-state index contributed by atoms with van der Waals surface area (Å²) in [6.07, 6.45) is 0. The molecule has 0 saturated carbocycles. The molecule has 61 valence electrons. The van der Waals surface area contributed by atoms with Gasteiger partial charge in [0.25, 0.3) is 0 Å². The fraction of sp³-hybridized carbons (Fsp3) is 0. The summed E-state index contributed by atoms with van der Waals surface area (Å²) in [6, 6.07) is 4.07. The summed E-state index contributed by atoms with van der Waals surface area (Å²) >= 11 is 0.232. The molecule has 0 heterocycles. The molecular formula is C7H5O4Pb. The van der Waals surface area contributed by atoms with E-state index >= 15 is 0 Å². The molecule has 0 fully saturated rings. The first-order valence-electron chi connectivity index (χ1n) is 3.05. The zero-order chi connectivity index (χ0) is 9.14. The van der Waals surface area contributed by atoms with E-state index in [1.807, 2.05) is 0 Å². The van der Waals surface area contributed by atoms with Gasteiger partial charge in [0, 0.05) is 0 Å². The van der Waals surface area contributed by atoms with Crippen molar-refractivity contribution in [1.29, 1.82) is 0 Å². The zero-order valence-electron chi connectivity index (χ0n) is 5.94. The first-order chi connectivity index (χ1) is 5.66. The molecule has 0 atom stereocenters. The molecule has 0 bridgehead atoms. The number of hydrogen-bond acceptors (Lipinski definition) is 4. The van der Waals surface area contributed by atoms with Gasteiger partial charge in [-0.2, -0.15) is 0 Å². The van der Waals surface area contributed by atoms with Gasteiger partial charge in [0.2, 0.25) is 0 Å². The molecule has 2 N–H and O–H groups in total. The molecule has 4 nitrogen and oxygen atoms in total. The Morgan fingerprint density at radius 3 is 2.25 bits per heavy atom. The molecule has 0 saturated heterocycles. The molecule has 0 amide bonds. The molecule has 12 heavy (non-hydrogen) atoms. The molecule has 1 aromatic rings. The maximum absolute atomic E-state index is 10.9. The monoisotopic (exact) mass is 361 g/mol. The van der Waals surface area contributed by atoms with E-state index in [-0.39, 0.29) is 43.3 Å². The van der Waals surface area contributed by atoms with Crippen LogP contribution in [0.5, 0.6) is 11.5 Å². The third-order valence-electron chi connectivity index (χ3n) is 1.32. The van der Waals surface area contributed by atoms with E-state index in [1.165, 1.54) is 18.2 Å². The molecule has 0 spiro atoms.